The van der Waals surface area contributed by atoms with Crippen LogP contribution in [-0.4, -0.2) is 24.3 Å². The van der Waals surface area contributed by atoms with Crippen LogP contribution in [0.2, 0.25) is 0 Å². The van der Waals surface area contributed by atoms with Gasteiger partial charge in [-0.25, -0.2) is 0 Å². The number of para-hydroxylation sites is 1. The second-order valence-corrected chi connectivity index (χ2v) is 8.87. The van der Waals surface area contributed by atoms with E-state index in [2.05, 4.69) is 63.3 Å². The standard InChI is InChI=1S/C22H29NO2S/c1-16-10-12-18(13-11-16)26-17(2)21(24)23-14-15-25-20-9-7-6-8-19(20)22(3,4)5/h6-13,17H,14-15H2,1-5H3,(H,23,24)/t17-/m0/s1. The summed E-state index contributed by atoms with van der Waals surface area (Å²) in [5, 5.41) is 2.82. The van der Waals surface area contributed by atoms with Crippen LogP contribution in [0.3, 0.4) is 0 Å². The molecule has 0 spiro atoms. The van der Waals surface area contributed by atoms with Crippen molar-refractivity contribution in [1.29, 1.82) is 0 Å². The molecule has 0 saturated heterocycles. The van der Waals surface area contributed by atoms with E-state index in [1.54, 1.807) is 11.8 Å². The van der Waals surface area contributed by atoms with Crippen LogP contribution in [0.1, 0.15) is 38.8 Å². The van der Waals surface area contributed by atoms with Gasteiger partial charge in [-0.1, -0.05) is 56.7 Å². The zero-order valence-corrected chi connectivity index (χ0v) is 17.2. The summed E-state index contributed by atoms with van der Waals surface area (Å²) in [5.41, 5.74) is 2.42. The Morgan fingerprint density at radius 2 is 1.77 bits per heavy atom. The zero-order valence-electron chi connectivity index (χ0n) is 16.3. The summed E-state index contributed by atoms with van der Waals surface area (Å²) in [4.78, 5) is 13.4. The van der Waals surface area contributed by atoms with Gasteiger partial charge in [0.1, 0.15) is 12.4 Å². The second kappa shape index (κ2) is 9.13. The van der Waals surface area contributed by atoms with Gasteiger partial charge in [-0.05, 0) is 43.0 Å². The molecule has 0 heterocycles. The van der Waals surface area contributed by atoms with E-state index < -0.39 is 0 Å². The van der Waals surface area contributed by atoms with E-state index in [0.29, 0.717) is 13.2 Å². The van der Waals surface area contributed by atoms with E-state index in [0.717, 1.165) is 10.6 Å². The fourth-order valence-corrected chi connectivity index (χ4v) is 3.46. The van der Waals surface area contributed by atoms with Gasteiger partial charge in [-0.15, -0.1) is 11.8 Å². The van der Waals surface area contributed by atoms with Gasteiger partial charge < -0.3 is 10.1 Å². The van der Waals surface area contributed by atoms with E-state index in [1.165, 1.54) is 11.1 Å². The maximum absolute atomic E-state index is 12.3. The molecule has 0 bridgehead atoms. The lowest BCUT2D eigenvalue weighted by molar-refractivity contribution is -0.120. The topological polar surface area (TPSA) is 38.3 Å². The van der Waals surface area contributed by atoms with E-state index in [9.17, 15) is 4.79 Å². The van der Waals surface area contributed by atoms with Gasteiger partial charge in [0.15, 0.2) is 0 Å². The first-order valence-electron chi connectivity index (χ1n) is 9.01. The third kappa shape index (κ3) is 6.10. The van der Waals surface area contributed by atoms with Crippen LogP contribution < -0.4 is 10.1 Å². The molecule has 0 saturated carbocycles. The van der Waals surface area contributed by atoms with Crippen molar-refractivity contribution in [1.82, 2.24) is 5.32 Å². The normalized spacial score (nSPS) is 12.5. The highest BCUT2D eigenvalue weighted by Gasteiger charge is 2.18. The Balaban J connectivity index is 1.79. The summed E-state index contributed by atoms with van der Waals surface area (Å²) in [6, 6.07) is 16.3. The zero-order chi connectivity index (χ0) is 19.2. The largest absolute Gasteiger partial charge is 0.491 e. The molecule has 0 fully saturated rings. The predicted octanol–water partition coefficient (Wildman–Crippen LogP) is 4.97. The molecule has 4 heteroatoms. The highest BCUT2D eigenvalue weighted by Crippen LogP contribution is 2.30. The Morgan fingerprint density at radius 3 is 2.42 bits per heavy atom. The Hall–Kier alpha value is -1.94. The Kier molecular flexibility index (Phi) is 7.15. The number of rotatable bonds is 7. The Bertz CT molecular complexity index is 720. The molecule has 26 heavy (non-hydrogen) atoms. The molecule has 0 aliphatic rings. The first-order valence-corrected chi connectivity index (χ1v) is 9.88. The smallest absolute Gasteiger partial charge is 0.233 e. The number of carbonyl (C=O) groups excluding carboxylic acids is 1. The van der Waals surface area contributed by atoms with Gasteiger partial charge in [-0.2, -0.15) is 0 Å². The third-order valence-electron chi connectivity index (χ3n) is 4.06. The lowest BCUT2D eigenvalue weighted by Gasteiger charge is -2.22. The second-order valence-electron chi connectivity index (χ2n) is 7.46. The molecule has 0 aliphatic heterocycles. The predicted molar refractivity (Wildman–Crippen MR) is 110 cm³/mol. The molecule has 2 aromatic rings. The fourth-order valence-electron chi connectivity index (χ4n) is 2.57. The number of hydrogen-bond acceptors (Lipinski definition) is 3. The Morgan fingerprint density at radius 1 is 1.12 bits per heavy atom. The summed E-state index contributed by atoms with van der Waals surface area (Å²) >= 11 is 1.57. The van der Waals surface area contributed by atoms with Gasteiger partial charge in [-0.3, -0.25) is 4.79 Å². The number of benzene rings is 2. The quantitative estimate of drug-likeness (QED) is 0.552. The van der Waals surface area contributed by atoms with Gasteiger partial charge >= 0.3 is 0 Å². The maximum Gasteiger partial charge on any atom is 0.233 e. The van der Waals surface area contributed by atoms with Crippen molar-refractivity contribution in [2.75, 3.05) is 13.2 Å². The van der Waals surface area contributed by atoms with Gasteiger partial charge in [0.2, 0.25) is 5.91 Å². The SMILES string of the molecule is Cc1ccc(S[C@@H](C)C(=O)NCCOc2ccccc2C(C)(C)C)cc1. The van der Waals surface area contributed by atoms with Crippen molar-refractivity contribution in [2.45, 2.75) is 50.2 Å². The number of hydrogen-bond donors (Lipinski definition) is 1. The first kappa shape index (κ1) is 20.4. The van der Waals surface area contributed by atoms with Crippen LogP contribution in [0.4, 0.5) is 0 Å². The minimum Gasteiger partial charge on any atom is -0.491 e. The third-order valence-corrected chi connectivity index (χ3v) is 5.17. The number of amides is 1. The molecule has 0 aromatic heterocycles. The van der Waals surface area contributed by atoms with Crippen molar-refractivity contribution >= 4 is 17.7 Å². The molecule has 1 atom stereocenters. The molecular weight excluding hydrogens is 342 g/mol. The minimum atomic E-state index is -0.139. The highest BCUT2D eigenvalue weighted by molar-refractivity contribution is 8.00. The summed E-state index contributed by atoms with van der Waals surface area (Å²) in [6.45, 7) is 11.4. The number of aryl methyl sites for hydroxylation is 1. The number of carbonyl (C=O) groups is 1. The number of ether oxygens (including phenoxy) is 1. The highest BCUT2D eigenvalue weighted by atomic mass is 32.2. The van der Waals surface area contributed by atoms with Crippen LogP contribution in [-0.2, 0) is 10.2 Å². The van der Waals surface area contributed by atoms with Crippen molar-refractivity contribution in [2.24, 2.45) is 0 Å². The van der Waals surface area contributed by atoms with Crippen molar-refractivity contribution < 1.29 is 9.53 Å². The molecule has 0 unspecified atom stereocenters. The first-order chi connectivity index (χ1) is 12.3. The number of thioether (sulfide) groups is 1. The van der Waals surface area contributed by atoms with Crippen LogP contribution in [0.15, 0.2) is 53.4 Å². The van der Waals surface area contributed by atoms with E-state index >= 15 is 0 Å². The maximum atomic E-state index is 12.3. The molecule has 1 N–H and O–H groups in total. The summed E-state index contributed by atoms with van der Waals surface area (Å²) in [6.07, 6.45) is 0. The summed E-state index contributed by atoms with van der Waals surface area (Å²) < 4.78 is 5.90. The van der Waals surface area contributed by atoms with Crippen LogP contribution in [0.25, 0.3) is 0 Å². The van der Waals surface area contributed by atoms with Gasteiger partial charge in [0.25, 0.3) is 0 Å². The number of nitrogens with one attached hydrogen (secondary N) is 1. The van der Waals surface area contributed by atoms with Gasteiger partial charge in [0.05, 0.1) is 11.8 Å². The molecule has 2 rings (SSSR count). The van der Waals surface area contributed by atoms with E-state index in [-0.39, 0.29) is 16.6 Å². The van der Waals surface area contributed by atoms with Crippen molar-refractivity contribution in [3.8, 4) is 5.75 Å². The molecular formula is C22H29NO2S. The molecule has 0 aliphatic carbocycles. The fraction of sp³-hybridized carbons (Fsp3) is 0.409. The van der Waals surface area contributed by atoms with Crippen LogP contribution >= 0.6 is 11.8 Å². The van der Waals surface area contributed by atoms with Crippen molar-refractivity contribution in [3.63, 3.8) is 0 Å². The summed E-state index contributed by atoms with van der Waals surface area (Å²) in [7, 11) is 0. The summed E-state index contributed by atoms with van der Waals surface area (Å²) in [5.74, 6) is 0.916. The van der Waals surface area contributed by atoms with E-state index in [4.69, 9.17) is 4.74 Å². The van der Waals surface area contributed by atoms with Crippen LogP contribution in [0, 0.1) is 6.92 Å². The molecule has 2 aromatic carbocycles. The Labute approximate surface area is 161 Å². The van der Waals surface area contributed by atoms with Crippen LogP contribution in [0.5, 0.6) is 5.75 Å². The molecule has 140 valence electrons. The average Bonchev–Trinajstić information content (AvgIpc) is 2.60. The van der Waals surface area contributed by atoms with Crippen molar-refractivity contribution in [3.05, 3.63) is 59.7 Å². The average molecular weight is 372 g/mol. The molecule has 3 nitrogen and oxygen atoms in total. The van der Waals surface area contributed by atoms with Gasteiger partial charge in [0, 0.05) is 4.90 Å². The lowest BCUT2D eigenvalue weighted by Crippen LogP contribution is -2.34. The molecule has 0 radical (unpaired) electrons. The monoisotopic (exact) mass is 371 g/mol. The molecule has 1 amide bonds. The lowest BCUT2D eigenvalue weighted by atomic mass is 9.86. The van der Waals surface area contributed by atoms with E-state index in [1.807, 2.05) is 25.1 Å². The minimum absolute atomic E-state index is 0.0268.